The second kappa shape index (κ2) is 9.14. The van der Waals surface area contributed by atoms with Gasteiger partial charge in [0.15, 0.2) is 18.2 Å². The normalized spacial score (nSPS) is 11.7. The first-order valence-electron chi connectivity index (χ1n) is 7.65. The van der Waals surface area contributed by atoms with Crippen LogP contribution in [0, 0.1) is 12.7 Å². The molecular weight excluding hydrogens is 363 g/mol. The molecule has 0 aliphatic carbocycles. The molecule has 0 unspecified atom stereocenters. The van der Waals surface area contributed by atoms with Gasteiger partial charge in [0.25, 0.3) is 0 Å². The van der Waals surface area contributed by atoms with Gasteiger partial charge in [-0.2, -0.15) is 0 Å². The van der Waals surface area contributed by atoms with E-state index in [4.69, 9.17) is 9.26 Å². The van der Waals surface area contributed by atoms with Crippen LogP contribution in [0.15, 0.2) is 34.9 Å². The van der Waals surface area contributed by atoms with Crippen LogP contribution in [0.1, 0.15) is 23.0 Å². The molecule has 1 N–H and O–H groups in total. The molecule has 9 heteroatoms. The van der Waals surface area contributed by atoms with Gasteiger partial charge in [-0.15, -0.1) is 11.8 Å². The SMILES string of the molecule is Cc1cc(NC(=O)[C@@H](C)SCC(=O)OCC(=O)c2ccc(F)cc2)no1. The van der Waals surface area contributed by atoms with Crippen molar-refractivity contribution in [3.8, 4) is 0 Å². The first-order chi connectivity index (χ1) is 12.3. The maximum atomic E-state index is 12.8. The van der Waals surface area contributed by atoms with Gasteiger partial charge in [0, 0.05) is 11.6 Å². The zero-order valence-corrected chi connectivity index (χ0v) is 15.0. The van der Waals surface area contributed by atoms with E-state index in [1.807, 2.05) is 0 Å². The number of hydrogen-bond acceptors (Lipinski definition) is 7. The highest BCUT2D eigenvalue weighted by Gasteiger charge is 2.18. The molecule has 1 atom stereocenters. The molecule has 0 fully saturated rings. The first-order valence-corrected chi connectivity index (χ1v) is 8.70. The molecular formula is C17H17FN2O5S. The molecule has 0 aliphatic heterocycles. The monoisotopic (exact) mass is 380 g/mol. The molecule has 0 spiro atoms. The largest absolute Gasteiger partial charge is 0.457 e. The van der Waals surface area contributed by atoms with Crippen molar-refractivity contribution in [1.29, 1.82) is 0 Å². The lowest BCUT2D eigenvalue weighted by molar-refractivity contribution is -0.139. The molecule has 7 nitrogen and oxygen atoms in total. The van der Waals surface area contributed by atoms with E-state index in [1.54, 1.807) is 19.9 Å². The second-order valence-corrected chi connectivity index (χ2v) is 6.69. The minimum absolute atomic E-state index is 0.0941. The van der Waals surface area contributed by atoms with Crippen LogP contribution < -0.4 is 5.32 Å². The van der Waals surface area contributed by atoms with Crippen molar-refractivity contribution >= 4 is 35.2 Å². The van der Waals surface area contributed by atoms with Crippen LogP contribution in [0.4, 0.5) is 10.2 Å². The molecule has 2 aromatic rings. The number of carbonyl (C=O) groups excluding carboxylic acids is 3. The van der Waals surface area contributed by atoms with Gasteiger partial charge in [-0.3, -0.25) is 14.4 Å². The maximum absolute atomic E-state index is 12.8. The number of amides is 1. The van der Waals surface area contributed by atoms with Gasteiger partial charge >= 0.3 is 5.97 Å². The number of ether oxygens (including phenoxy) is 1. The first kappa shape index (κ1) is 19.6. The summed E-state index contributed by atoms with van der Waals surface area (Å²) in [6.45, 7) is 2.89. The molecule has 0 bridgehead atoms. The lowest BCUT2D eigenvalue weighted by Crippen LogP contribution is -2.24. The fraction of sp³-hybridized carbons (Fsp3) is 0.294. The predicted octanol–water partition coefficient (Wildman–Crippen LogP) is 2.61. The van der Waals surface area contributed by atoms with E-state index in [0.717, 1.165) is 23.9 Å². The quantitative estimate of drug-likeness (QED) is 0.555. The highest BCUT2D eigenvalue weighted by Crippen LogP contribution is 2.14. The zero-order valence-electron chi connectivity index (χ0n) is 14.2. The Morgan fingerprint density at radius 2 is 2.00 bits per heavy atom. The highest BCUT2D eigenvalue weighted by molar-refractivity contribution is 8.01. The third-order valence-corrected chi connectivity index (χ3v) is 4.35. The van der Waals surface area contributed by atoms with Crippen LogP contribution in [-0.2, 0) is 14.3 Å². The maximum Gasteiger partial charge on any atom is 0.316 e. The molecule has 0 aliphatic rings. The minimum Gasteiger partial charge on any atom is -0.457 e. The van der Waals surface area contributed by atoms with Gasteiger partial charge in [0.2, 0.25) is 5.91 Å². The molecule has 1 amide bonds. The number of Topliss-reactive ketones (excluding diaryl/α,β-unsaturated/α-hetero) is 1. The molecule has 138 valence electrons. The fourth-order valence-corrected chi connectivity index (χ4v) is 2.51. The minimum atomic E-state index is -0.623. The van der Waals surface area contributed by atoms with Gasteiger partial charge in [-0.25, -0.2) is 4.39 Å². The molecule has 26 heavy (non-hydrogen) atoms. The summed E-state index contributed by atoms with van der Waals surface area (Å²) in [5, 5.41) is 5.67. The van der Waals surface area contributed by atoms with Crippen LogP contribution in [0.2, 0.25) is 0 Å². The average molecular weight is 380 g/mol. The summed E-state index contributed by atoms with van der Waals surface area (Å²) in [4.78, 5) is 35.5. The summed E-state index contributed by atoms with van der Waals surface area (Å²) in [5.41, 5.74) is 0.252. The third-order valence-electron chi connectivity index (χ3n) is 3.23. The van der Waals surface area contributed by atoms with Gasteiger partial charge in [0.05, 0.1) is 11.0 Å². The standard InChI is InChI=1S/C17H17FN2O5S/c1-10-7-15(20-25-10)19-17(23)11(2)26-9-16(22)24-8-14(21)12-3-5-13(18)6-4-12/h3-7,11H,8-9H2,1-2H3,(H,19,20,23)/t11-/m1/s1. The van der Waals surface area contributed by atoms with Crippen molar-refractivity contribution in [2.75, 3.05) is 17.7 Å². The number of carbonyl (C=O) groups is 3. The number of ketones is 1. The topological polar surface area (TPSA) is 98.5 Å². The van der Waals surface area contributed by atoms with Crippen LogP contribution in [0.5, 0.6) is 0 Å². The molecule has 0 saturated heterocycles. The Labute approximate surface area is 153 Å². The number of nitrogens with zero attached hydrogens (tertiary/aromatic N) is 1. The Balaban J connectivity index is 1.71. The number of aromatic nitrogens is 1. The van der Waals surface area contributed by atoms with Gasteiger partial charge < -0.3 is 14.6 Å². The van der Waals surface area contributed by atoms with Crippen LogP contribution >= 0.6 is 11.8 Å². The summed E-state index contributed by atoms with van der Waals surface area (Å²) < 4.78 is 22.5. The number of halogens is 1. The van der Waals surface area contributed by atoms with Crippen LogP contribution in [-0.4, -0.2) is 40.4 Å². The van der Waals surface area contributed by atoms with Gasteiger partial charge in [0.1, 0.15) is 11.6 Å². The average Bonchev–Trinajstić information content (AvgIpc) is 3.02. The number of esters is 1. The van der Waals surface area contributed by atoms with Gasteiger partial charge in [-0.1, -0.05) is 5.16 Å². The Hall–Kier alpha value is -2.68. The van der Waals surface area contributed by atoms with Crippen molar-refractivity contribution in [1.82, 2.24) is 5.16 Å². The lowest BCUT2D eigenvalue weighted by Gasteiger charge is -2.10. The van der Waals surface area contributed by atoms with Crippen molar-refractivity contribution in [2.45, 2.75) is 19.1 Å². The Kier molecular flexibility index (Phi) is 6.90. The number of hydrogen-bond donors (Lipinski definition) is 1. The summed E-state index contributed by atoms with van der Waals surface area (Å²) in [6.07, 6.45) is 0. The lowest BCUT2D eigenvalue weighted by atomic mass is 10.1. The van der Waals surface area contributed by atoms with Crippen molar-refractivity contribution in [3.63, 3.8) is 0 Å². The van der Waals surface area contributed by atoms with E-state index < -0.39 is 29.4 Å². The van der Waals surface area contributed by atoms with E-state index in [2.05, 4.69) is 10.5 Å². The zero-order chi connectivity index (χ0) is 19.1. The third kappa shape index (κ3) is 5.99. The Morgan fingerprint density at radius 3 is 2.62 bits per heavy atom. The van der Waals surface area contributed by atoms with Crippen molar-refractivity contribution in [3.05, 3.63) is 47.5 Å². The van der Waals surface area contributed by atoms with E-state index in [0.29, 0.717) is 11.6 Å². The van der Waals surface area contributed by atoms with Crippen LogP contribution in [0.25, 0.3) is 0 Å². The number of thioether (sulfide) groups is 1. The predicted molar refractivity (Wildman–Crippen MR) is 93.5 cm³/mol. The summed E-state index contributed by atoms with van der Waals surface area (Å²) in [6, 6.07) is 6.52. The fourth-order valence-electron chi connectivity index (χ4n) is 1.83. The number of benzene rings is 1. The van der Waals surface area contributed by atoms with Gasteiger partial charge in [-0.05, 0) is 38.1 Å². The molecule has 2 rings (SSSR count). The second-order valence-electron chi connectivity index (χ2n) is 5.36. The molecule has 0 radical (unpaired) electrons. The molecule has 0 saturated carbocycles. The molecule has 1 heterocycles. The Bertz CT molecular complexity index is 791. The summed E-state index contributed by atoms with van der Waals surface area (Å²) in [5.74, 6) is -1.08. The van der Waals surface area contributed by atoms with E-state index >= 15 is 0 Å². The number of nitrogens with one attached hydrogen (secondary N) is 1. The molecule has 1 aromatic carbocycles. The van der Waals surface area contributed by atoms with E-state index in [-0.39, 0.29) is 17.2 Å². The number of aryl methyl sites for hydroxylation is 1. The van der Waals surface area contributed by atoms with E-state index in [1.165, 1.54) is 12.1 Å². The molecule has 1 aromatic heterocycles. The van der Waals surface area contributed by atoms with Crippen molar-refractivity contribution < 1.29 is 28.0 Å². The highest BCUT2D eigenvalue weighted by atomic mass is 32.2. The van der Waals surface area contributed by atoms with Crippen LogP contribution in [0.3, 0.4) is 0 Å². The Morgan fingerprint density at radius 1 is 1.31 bits per heavy atom. The van der Waals surface area contributed by atoms with E-state index in [9.17, 15) is 18.8 Å². The van der Waals surface area contributed by atoms with Crippen molar-refractivity contribution in [2.24, 2.45) is 0 Å². The summed E-state index contributed by atoms with van der Waals surface area (Å²) in [7, 11) is 0. The summed E-state index contributed by atoms with van der Waals surface area (Å²) >= 11 is 1.06. The number of anilines is 1. The smallest absolute Gasteiger partial charge is 0.316 e. The number of rotatable bonds is 8.